The van der Waals surface area contributed by atoms with E-state index in [2.05, 4.69) is 61.0 Å². The topological polar surface area (TPSA) is 17.1 Å². The fourth-order valence-electron chi connectivity index (χ4n) is 2.58. The molecule has 1 unspecified atom stereocenters. The van der Waals surface area contributed by atoms with Gasteiger partial charge in [0.1, 0.15) is 5.78 Å². The molecule has 0 radical (unpaired) electrons. The average Bonchev–Trinajstić information content (AvgIpc) is 2.38. The van der Waals surface area contributed by atoms with E-state index in [0.29, 0.717) is 5.92 Å². The minimum atomic E-state index is -0.335. The van der Waals surface area contributed by atoms with Crippen LogP contribution in [-0.2, 0) is 16.6 Å². The van der Waals surface area contributed by atoms with Crippen molar-refractivity contribution in [3.63, 3.8) is 0 Å². The molecule has 2 heteroatoms. The van der Waals surface area contributed by atoms with Crippen LogP contribution in [0.4, 0.5) is 0 Å². The number of halogens is 1. The number of carbonyl (C=O) groups excluding carboxylic acids is 1. The molecule has 0 heterocycles. The van der Waals surface area contributed by atoms with Crippen LogP contribution >= 0.6 is 15.9 Å². The van der Waals surface area contributed by atoms with Gasteiger partial charge in [0.15, 0.2) is 0 Å². The smallest absolute Gasteiger partial charge is 0.140 e. The standard InChI is InChI=1S/C18H27BrO/c1-14(2)13-16-7-9-17(10-8-16)18(4,15(3)20)11-5-6-12-19/h7-10,14H,5-6,11-13H2,1-4H3. The highest BCUT2D eigenvalue weighted by molar-refractivity contribution is 9.09. The molecule has 112 valence electrons. The summed E-state index contributed by atoms with van der Waals surface area (Å²) in [6.45, 7) is 8.26. The first-order valence-electron chi connectivity index (χ1n) is 7.56. The summed E-state index contributed by atoms with van der Waals surface area (Å²) in [5.41, 5.74) is 2.18. The molecule has 0 aliphatic carbocycles. The predicted octanol–water partition coefficient (Wildman–Crippen LogP) is 5.30. The number of carbonyl (C=O) groups is 1. The van der Waals surface area contributed by atoms with Crippen LogP contribution in [0.2, 0.25) is 0 Å². The van der Waals surface area contributed by atoms with E-state index in [1.807, 2.05) is 0 Å². The fraction of sp³-hybridized carbons (Fsp3) is 0.611. The third kappa shape index (κ3) is 4.73. The molecule has 0 bridgehead atoms. The van der Waals surface area contributed by atoms with Crippen molar-refractivity contribution >= 4 is 21.7 Å². The van der Waals surface area contributed by atoms with E-state index in [0.717, 1.165) is 36.6 Å². The molecule has 1 aromatic rings. The van der Waals surface area contributed by atoms with Gasteiger partial charge in [-0.15, -0.1) is 0 Å². The van der Waals surface area contributed by atoms with Gasteiger partial charge in [0.25, 0.3) is 0 Å². The summed E-state index contributed by atoms with van der Waals surface area (Å²) < 4.78 is 0. The molecule has 0 fully saturated rings. The highest BCUT2D eigenvalue weighted by Crippen LogP contribution is 2.31. The van der Waals surface area contributed by atoms with Crippen molar-refractivity contribution in [1.29, 1.82) is 0 Å². The maximum Gasteiger partial charge on any atom is 0.140 e. The number of benzene rings is 1. The SMILES string of the molecule is CC(=O)C(C)(CCCCBr)c1ccc(CC(C)C)cc1. The Hall–Kier alpha value is -0.630. The van der Waals surface area contributed by atoms with Gasteiger partial charge < -0.3 is 0 Å². The van der Waals surface area contributed by atoms with Crippen molar-refractivity contribution in [2.45, 2.75) is 58.8 Å². The van der Waals surface area contributed by atoms with Crippen LogP contribution in [0.3, 0.4) is 0 Å². The van der Waals surface area contributed by atoms with Gasteiger partial charge in [0.05, 0.1) is 5.41 Å². The molecule has 1 atom stereocenters. The zero-order valence-corrected chi connectivity index (χ0v) is 14.8. The Morgan fingerprint density at radius 2 is 1.80 bits per heavy atom. The second kappa shape index (κ2) is 7.97. The second-order valence-corrected chi connectivity index (χ2v) is 7.12. The second-order valence-electron chi connectivity index (χ2n) is 6.33. The van der Waals surface area contributed by atoms with Crippen LogP contribution < -0.4 is 0 Å². The van der Waals surface area contributed by atoms with Gasteiger partial charge in [0, 0.05) is 5.33 Å². The van der Waals surface area contributed by atoms with Gasteiger partial charge in [-0.05, 0) is 50.2 Å². The van der Waals surface area contributed by atoms with Gasteiger partial charge in [-0.3, -0.25) is 4.79 Å². The molecule has 0 amide bonds. The average molecular weight is 339 g/mol. The first-order valence-corrected chi connectivity index (χ1v) is 8.68. The number of rotatable bonds is 8. The molecule has 0 saturated heterocycles. The summed E-state index contributed by atoms with van der Waals surface area (Å²) in [5.74, 6) is 0.933. The van der Waals surface area contributed by atoms with E-state index in [9.17, 15) is 4.79 Å². The van der Waals surface area contributed by atoms with Crippen LogP contribution in [0.15, 0.2) is 24.3 Å². The lowest BCUT2D eigenvalue weighted by Crippen LogP contribution is -2.30. The minimum absolute atomic E-state index is 0.267. The van der Waals surface area contributed by atoms with Gasteiger partial charge in [0.2, 0.25) is 0 Å². The zero-order valence-electron chi connectivity index (χ0n) is 13.2. The number of hydrogen-bond donors (Lipinski definition) is 0. The van der Waals surface area contributed by atoms with Gasteiger partial charge in [-0.25, -0.2) is 0 Å². The summed E-state index contributed by atoms with van der Waals surface area (Å²) >= 11 is 3.46. The normalized spacial score (nSPS) is 14.3. The van der Waals surface area contributed by atoms with Crippen LogP contribution in [0.5, 0.6) is 0 Å². The molecule has 20 heavy (non-hydrogen) atoms. The van der Waals surface area contributed by atoms with E-state index >= 15 is 0 Å². The Morgan fingerprint density at radius 3 is 2.25 bits per heavy atom. The minimum Gasteiger partial charge on any atom is -0.299 e. The van der Waals surface area contributed by atoms with Crippen molar-refractivity contribution in [3.05, 3.63) is 35.4 Å². The summed E-state index contributed by atoms with van der Waals surface area (Å²) in [6, 6.07) is 8.66. The largest absolute Gasteiger partial charge is 0.299 e. The number of Topliss-reactive ketones (excluding diaryl/α,β-unsaturated/α-hetero) is 1. The molecule has 0 aliphatic rings. The fourth-order valence-corrected chi connectivity index (χ4v) is 2.97. The van der Waals surface area contributed by atoms with Crippen molar-refractivity contribution in [2.75, 3.05) is 5.33 Å². The molecular weight excluding hydrogens is 312 g/mol. The van der Waals surface area contributed by atoms with Crippen LogP contribution in [-0.4, -0.2) is 11.1 Å². The number of alkyl halides is 1. The summed E-state index contributed by atoms with van der Waals surface area (Å²) in [7, 11) is 0. The first-order chi connectivity index (χ1) is 9.40. The van der Waals surface area contributed by atoms with E-state index in [1.54, 1.807) is 6.92 Å². The van der Waals surface area contributed by atoms with Gasteiger partial charge in [-0.2, -0.15) is 0 Å². The first kappa shape index (κ1) is 17.4. The molecule has 0 saturated carbocycles. The Balaban J connectivity index is 2.88. The van der Waals surface area contributed by atoms with Crippen molar-refractivity contribution < 1.29 is 4.79 Å². The Morgan fingerprint density at radius 1 is 1.20 bits per heavy atom. The quantitative estimate of drug-likeness (QED) is 0.464. The molecule has 0 spiro atoms. The van der Waals surface area contributed by atoms with Gasteiger partial charge in [-0.1, -0.05) is 60.5 Å². The highest BCUT2D eigenvalue weighted by Gasteiger charge is 2.31. The maximum atomic E-state index is 12.1. The van der Waals surface area contributed by atoms with Crippen LogP contribution in [0.25, 0.3) is 0 Å². The number of ketones is 1. The highest BCUT2D eigenvalue weighted by atomic mass is 79.9. The van der Waals surface area contributed by atoms with E-state index in [4.69, 9.17) is 0 Å². The zero-order chi connectivity index (χ0) is 15.2. The number of unbranched alkanes of at least 4 members (excludes halogenated alkanes) is 1. The third-order valence-corrected chi connectivity index (χ3v) is 4.63. The van der Waals surface area contributed by atoms with E-state index in [1.165, 1.54) is 5.56 Å². The Bertz CT molecular complexity index is 422. The maximum absolute atomic E-state index is 12.1. The molecule has 1 nitrogen and oxygen atoms in total. The summed E-state index contributed by atoms with van der Waals surface area (Å²) in [4.78, 5) is 12.1. The summed E-state index contributed by atoms with van der Waals surface area (Å²) in [6.07, 6.45) is 4.22. The van der Waals surface area contributed by atoms with E-state index in [-0.39, 0.29) is 11.2 Å². The van der Waals surface area contributed by atoms with Crippen molar-refractivity contribution in [1.82, 2.24) is 0 Å². The van der Waals surface area contributed by atoms with Crippen molar-refractivity contribution in [3.8, 4) is 0 Å². The monoisotopic (exact) mass is 338 g/mol. The lowest BCUT2D eigenvalue weighted by atomic mass is 9.75. The molecule has 0 N–H and O–H groups in total. The predicted molar refractivity (Wildman–Crippen MR) is 90.7 cm³/mol. The van der Waals surface area contributed by atoms with E-state index < -0.39 is 0 Å². The van der Waals surface area contributed by atoms with Crippen molar-refractivity contribution in [2.24, 2.45) is 5.92 Å². The number of hydrogen-bond acceptors (Lipinski definition) is 1. The van der Waals surface area contributed by atoms with Crippen LogP contribution in [0, 0.1) is 5.92 Å². The lowest BCUT2D eigenvalue weighted by Gasteiger charge is -2.27. The molecular formula is C18H27BrO. The van der Waals surface area contributed by atoms with Gasteiger partial charge >= 0.3 is 0 Å². The molecule has 1 aromatic carbocycles. The lowest BCUT2D eigenvalue weighted by molar-refractivity contribution is -0.122. The Labute approximate surface area is 132 Å². The molecule has 0 aromatic heterocycles. The van der Waals surface area contributed by atoms with Crippen LogP contribution in [0.1, 0.15) is 58.1 Å². The third-order valence-electron chi connectivity index (χ3n) is 4.07. The summed E-state index contributed by atoms with van der Waals surface area (Å²) in [5, 5.41) is 1.01. The Kier molecular flexibility index (Phi) is 6.94. The molecule has 1 rings (SSSR count). The molecule has 0 aliphatic heterocycles.